The molecule has 1 N–H and O–H groups in total. The van der Waals surface area contributed by atoms with E-state index in [0.29, 0.717) is 17.3 Å². The Bertz CT molecular complexity index is 645. The monoisotopic (exact) mass is 304 g/mol. The second-order valence-electron chi connectivity index (χ2n) is 5.42. The lowest BCUT2D eigenvalue weighted by molar-refractivity contribution is -0.123. The molecule has 5 heteroatoms. The van der Waals surface area contributed by atoms with E-state index >= 15 is 0 Å². The van der Waals surface area contributed by atoms with Crippen molar-refractivity contribution in [1.29, 1.82) is 0 Å². The van der Waals surface area contributed by atoms with Crippen molar-refractivity contribution in [3.05, 3.63) is 41.0 Å². The first-order valence-corrected chi connectivity index (χ1v) is 7.55. The fourth-order valence-corrected chi connectivity index (χ4v) is 2.51. The van der Waals surface area contributed by atoms with Gasteiger partial charge in [-0.3, -0.25) is 4.79 Å². The maximum atomic E-state index is 12.3. The molecule has 0 bridgehead atoms. The van der Waals surface area contributed by atoms with Crippen LogP contribution in [0.1, 0.15) is 31.9 Å². The van der Waals surface area contributed by atoms with E-state index in [1.807, 2.05) is 25.1 Å². The van der Waals surface area contributed by atoms with Crippen LogP contribution >= 0.6 is 11.6 Å². The highest BCUT2D eigenvalue weighted by Crippen LogP contribution is 2.48. The van der Waals surface area contributed by atoms with Crippen LogP contribution in [-0.4, -0.2) is 17.6 Å². The first-order valence-electron chi connectivity index (χ1n) is 7.17. The number of benzene rings is 1. The van der Waals surface area contributed by atoms with Crippen molar-refractivity contribution in [3.8, 4) is 11.3 Å². The van der Waals surface area contributed by atoms with Crippen molar-refractivity contribution in [2.45, 2.75) is 31.6 Å². The summed E-state index contributed by atoms with van der Waals surface area (Å²) in [4.78, 5) is 12.3. The van der Waals surface area contributed by atoms with Gasteiger partial charge in [0.25, 0.3) is 0 Å². The summed E-state index contributed by atoms with van der Waals surface area (Å²) in [5.74, 6) is 0.719. The molecule has 0 radical (unpaired) electrons. The minimum absolute atomic E-state index is 0.0558. The van der Waals surface area contributed by atoms with Gasteiger partial charge in [-0.25, -0.2) is 0 Å². The largest absolute Gasteiger partial charge is 0.356 e. The van der Waals surface area contributed by atoms with Crippen molar-refractivity contribution in [1.82, 2.24) is 10.5 Å². The second-order valence-corrected chi connectivity index (χ2v) is 5.86. The maximum absolute atomic E-state index is 12.3. The average molecular weight is 305 g/mol. The molecule has 1 amide bonds. The van der Waals surface area contributed by atoms with Gasteiger partial charge in [0.15, 0.2) is 5.76 Å². The number of nitrogens with zero attached hydrogens (tertiary/aromatic N) is 1. The van der Waals surface area contributed by atoms with E-state index in [-0.39, 0.29) is 5.91 Å². The highest BCUT2D eigenvalue weighted by molar-refractivity contribution is 6.30. The molecular weight excluding hydrogens is 288 g/mol. The van der Waals surface area contributed by atoms with Crippen molar-refractivity contribution in [3.63, 3.8) is 0 Å². The van der Waals surface area contributed by atoms with E-state index < -0.39 is 5.41 Å². The molecule has 1 aromatic carbocycles. The first-order chi connectivity index (χ1) is 10.2. The Balaban J connectivity index is 1.82. The smallest absolute Gasteiger partial charge is 0.232 e. The summed E-state index contributed by atoms with van der Waals surface area (Å²) in [7, 11) is 0. The molecule has 2 aromatic rings. The third kappa shape index (κ3) is 2.68. The summed E-state index contributed by atoms with van der Waals surface area (Å²) in [6.07, 6.45) is 2.58. The highest BCUT2D eigenvalue weighted by Gasteiger charge is 2.53. The standard InChI is InChI=1S/C16H17ClN2O2/c1-2-9-18-15(20)16(7-8-16)14-10-13(21-19-14)11-3-5-12(17)6-4-11/h3-6,10H,2,7-9H2,1H3,(H,18,20). The normalized spacial score (nSPS) is 15.7. The molecule has 0 atom stereocenters. The summed E-state index contributed by atoms with van der Waals surface area (Å²) >= 11 is 5.88. The third-order valence-electron chi connectivity index (χ3n) is 3.85. The molecule has 0 aliphatic heterocycles. The van der Waals surface area contributed by atoms with Crippen LogP contribution in [-0.2, 0) is 10.2 Å². The zero-order valence-electron chi connectivity index (χ0n) is 11.9. The van der Waals surface area contributed by atoms with E-state index in [4.69, 9.17) is 16.1 Å². The molecule has 1 aromatic heterocycles. The van der Waals surface area contributed by atoms with Crippen molar-refractivity contribution < 1.29 is 9.32 Å². The topological polar surface area (TPSA) is 55.1 Å². The van der Waals surface area contributed by atoms with E-state index in [1.165, 1.54) is 0 Å². The molecule has 0 unspecified atom stereocenters. The van der Waals surface area contributed by atoms with Gasteiger partial charge in [0, 0.05) is 23.2 Å². The Morgan fingerprint density at radius 3 is 2.71 bits per heavy atom. The summed E-state index contributed by atoms with van der Waals surface area (Å²) < 4.78 is 5.40. The van der Waals surface area contributed by atoms with Gasteiger partial charge >= 0.3 is 0 Å². The predicted molar refractivity (Wildman–Crippen MR) is 81.2 cm³/mol. The Morgan fingerprint density at radius 1 is 1.38 bits per heavy atom. The average Bonchev–Trinajstić information content (AvgIpc) is 3.16. The number of hydrogen-bond donors (Lipinski definition) is 1. The van der Waals surface area contributed by atoms with Crippen LogP contribution in [0.5, 0.6) is 0 Å². The molecule has 3 rings (SSSR count). The van der Waals surface area contributed by atoms with Gasteiger partial charge in [-0.05, 0) is 43.5 Å². The van der Waals surface area contributed by atoms with Gasteiger partial charge in [-0.1, -0.05) is 23.7 Å². The lowest BCUT2D eigenvalue weighted by atomic mass is 10.0. The van der Waals surface area contributed by atoms with Crippen molar-refractivity contribution >= 4 is 17.5 Å². The van der Waals surface area contributed by atoms with E-state index in [2.05, 4.69) is 10.5 Å². The van der Waals surface area contributed by atoms with Gasteiger partial charge in [0.1, 0.15) is 0 Å². The maximum Gasteiger partial charge on any atom is 0.232 e. The van der Waals surface area contributed by atoms with Crippen molar-refractivity contribution in [2.75, 3.05) is 6.54 Å². The number of carbonyl (C=O) groups excluding carboxylic acids is 1. The van der Waals surface area contributed by atoms with Gasteiger partial charge in [0.05, 0.1) is 11.1 Å². The number of aromatic nitrogens is 1. The summed E-state index contributed by atoms with van der Waals surface area (Å²) in [5, 5.41) is 7.74. The molecule has 1 aliphatic carbocycles. The van der Waals surface area contributed by atoms with Crippen LogP contribution in [0.2, 0.25) is 5.02 Å². The predicted octanol–water partition coefficient (Wildman–Crippen LogP) is 3.55. The lowest BCUT2D eigenvalue weighted by Crippen LogP contribution is -2.35. The highest BCUT2D eigenvalue weighted by atomic mass is 35.5. The third-order valence-corrected chi connectivity index (χ3v) is 4.10. The number of hydrogen-bond acceptors (Lipinski definition) is 3. The molecule has 1 saturated carbocycles. The Morgan fingerprint density at radius 2 is 2.10 bits per heavy atom. The van der Waals surface area contributed by atoms with E-state index in [9.17, 15) is 4.79 Å². The van der Waals surface area contributed by atoms with Gasteiger partial charge < -0.3 is 9.84 Å². The molecular formula is C16H17ClN2O2. The van der Waals surface area contributed by atoms with Gasteiger partial charge in [0.2, 0.25) is 5.91 Å². The number of halogens is 1. The van der Waals surface area contributed by atoms with Crippen LogP contribution in [0.25, 0.3) is 11.3 Å². The van der Waals surface area contributed by atoms with Gasteiger partial charge in [-0.15, -0.1) is 0 Å². The van der Waals surface area contributed by atoms with Crippen LogP contribution in [0.3, 0.4) is 0 Å². The van der Waals surface area contributed by atoms with Gasteiger partial charge in [-0.2, -0.15) is 0 Å². The minimum Gasteiger partial charge on any atom is -0.356 e. The fourth-order valence-electron chi connectivity index (χ4n) is 2.38. The summed E-state index contributed by atoms with van der Waals surface area (Å²) in [6, 6.07) is 9.23. The number of amides is 1. The molecule has 0 spiro atoms. The molecule has 4 nitrogen and oxygen atoms in total. The number of rotatable bonds is 5. The Hall–Kier alpha value is -1.81. The zero-order valence-corrected chi connectivity index (χ0v) is 12.6. The molecule has 1 aliphatic rings. The summed E-state index contributed by atoms with van der Waals surface area (Å²) in [6.45, 7) is 2.73. The molecule has 110 valence electrons. The van der Waals surface area contributed by atoms with Crippen LogP contribution in [0.4, 0.5) is 0 Å². The number of nitrogens with one attached hydrogen (secondary N) is 1. The Labute approximate surface area is 128 Å². The van der Waals surface area contributed by atoms with Crippen LogP contribution in [0.15, 0.2) is 34.9 Å². The number of carbonyl (C=O) groups is 1. The quantitative estimate of drug-likeness (QED) is 0.919. The van der Waals surface area contributed by atoms with Crippen molar-refractivity contribution in [2.24, 2.45) is 0 Å². The van der Waals surface area contributed by atoms with E-state index in [1.54, 1.807) is 12.1 Å². The molecule has 0 saturated heterocycles. The Kier molecular flexibility index (Phi) is 3.72. The SMILES string of the molecule is CCCNC(=O)C1(c2cc(-c3ccc(Cl)cc3)on2)CC1. The summed E-state index contributed by atoms with van der Waals surface area (Å²) in [5.41, 5.74) is 1.15. The molecule has 21 heavy (non-hydrogen) atoms. The van der Waals surface area contributed by atoms with Crippen LogP contribution in [0, 0.1) is 0 Å². The zero-order chi connectivity index (χ0) is 14.9. The van der Waals surface area contributed by atoms with E-state index in [0.717, 1.165) is 30.5 Å². The first kappa shape index (κ1) is 14.1. The molecule has 1 heterocycles. The second kappa shape index (κ2) is 5.53. The lowest BCUT2D eigenvalue weighted by Gasteiger charge is -2.11. The molecule has 1 fully saturated rings. The fraction of sp³-hybridized carbons (Fsp3) is 0.375. The van der Waals surface area contributed by atoms with Crippen LogP contribution < -0.4 is 5.32 Å². The minimum atomic E-state index is -0.483.